The van der Waals surface area contributed by atoms with E-state index in [2.05, 4.69) is 25.8 Å². The first kappa shape index (κ1) is 27.9. The van der Waals surface area contributed by atoms with Crippen molar-refractivity contribution in [1.82, 2.24) is 30.7 Å². The molecule has 0 radical (unpaired) electrons. The number of anilines is 1. The van der Waals surface area contributed by atoms with Gasteiger partial charge in [0.05, 0.1) is 11.2 Å². The summed E-state index contributed by atoms with van der Waals surface area (Å²) in [5.74, 6) is -2.12. The first-order valence-electron chi connectivity index (χ1n) is 12.6. The van der Waals surface area contributed by atoms with Gasteiger partial charge in [0.2, 0.25) is 5.95 Å². The Hall–Kier alpha value is -4.13. The van der Waals surface area contributed by atoms with E-state index < -0.39 is 34.9 Å². The van der Waals surface area contributed by atoms with Crippen LogP contribution in [0.1, 0.15) is 49.4 Å². The number of ether oxygens (including phenoxy) is 1. The fourth-order valence-corrected chi connectivity index (χ4v) is 4.22. The molecule has 4 rings (SSSR count). The Labute approximate surface area is 223 Å². The molecule has 1 aromatic carbocycles. The number of piperazine rings is 1. The molecule has 3 N–H and O–H groups in total. The van der Waals surface area contributed by atoms with Crippen LogP contribution in [0.25, 0.3) is 11.0 Å². The minimum atomic E-state index is -0.857. The number of halogens is 2. The van der Waals surface area contributed by atoms with Crippen molar-refractivity contribution in [2.45, 2.75) is 46.3 Å². The van der Waals surface area contributed by atoms with Crippen molar-refractivity contribution < 1.29 is 23.1 Å². The van der Waals surface area contributed by atoms with Crippen LogP contribution in [0.5, 0.6) is 0 Å². The molecule has 3 aromatic rings. The van der Waals surface area contributed by atoms with Crippen LogP contribution in [0.3, 0.4) is 0 Å². The summed E-state index contributed by atoms with van der Waals surface area (Å²) in [6.07, 6.45) is -0.402. The van der Waals surface area contributed by atoms with Gasteiger partial charge in [-0.25, -0.2) is 24.6 Å². The van der Waals surface area contributed by atoms with Crippen molar-refractivity contribution in [3.05, 3.63) is 63.3 Å². The number of hydrogen-bond donors (Lipinski definition) is 3. The SMILES string of the molecule is CCc1nc2ccc(CN3CCN(c4ccc(C(=O)NNC(=O)OC(C)(C)C)nc4F)CC3)c(F)c2[nH]c1=O. The van der Waals surface area contributed by atoms with Gasteiger partial charge in [-0.15, -0.1) is 0 Å². The average Bonchev–Trinajstić information content (AvgIpc) is 2.88. The second-order valence-electron chi connectivity index (χ2n) is 10.1. The molecule has 208 valence electrons. The Morgan fingerprint density at radius 1 is 1.05 bits per heavy atom. The van der Waals surface area contributed by atoms with Crippen LogP contribution < -0.4 is 21.3 Å². The third kappa shape index (κ3) is 6.66. The molecule has 0 aliphatic carbocycles. The number of rotatable bonds is 5. The molecule has 0 atom stereocenters. The predicted molar refractivity (Wildman–Crippen MR) is 140 cm³/mol. The number of pyridine rings is 1. The summed E-state index contributed by atoms with van der Waals surface area (Å²) >= 11 is 0. The Bertz CT molecular complexity index is 1450. The van der Waals surface area contributed by atoms with E-state index in [4.69, 9.17) is 4.74 Å². The fourth-order valence-electron chi connectivity index (χ4n) is 4.22. The van der Waals surface area contributed by atoms with Gasteiger partial charge >= 0.3 is 6.09 Å². The van der Waals surface area contributed by atoms with Crippen LogP contribution >= 0.6 is 0 Å². The van der Waals surface area contributed by atoms with Gasteiger partial charge in [0, 0.05) is 38.3 Å². The zero-order valence-corrected chi connectivity index (χ0v) is 22.2. The van der Waals surface area contributed by atoms with Gasteiger partial charge in [0.25, 0.3) is 11.5 Å². The molecule has 0 saturated carbocycles. The van der Waals surface area contributed by atoms with E-state index in [9.17, 15) is 18.8 Å². The van der Waals surface area contributed by atoms with Gasteiger partial charge in [-0.2, -0.15) is 4.39 Å². The Kier molecular flexibility index (Phi) is 8.09. The van der Waals surface area contributed by atoms with Crippen LogP contribution in [0.2, 0.25) is 0 Å². The third-order valence-electron chi connectivity index (χ3n) is 6.14. The monoisotopic (exact) mass is 543 g/mol. The summed E-state index contributed by atoms with van der Waals surface area (Å²) in [4.78, 5) is 50.4. The third-order valence-corrected chi connectivity index (χ3v) is 6.14. The Morgan fingerprint density at radius 2 is 1.77 bits per heavy atom. The number of benzene rings is 1. The second-order valence-corrected chi connectivity index (χ2v) is 10.1. The number of fused-ring (bicyclic) bond motifs is 1. The number of nitrogens with zero attached hydrogens (tertiary/aromatic N) is 4. The van der Waals surface area contributed by atoms with Gasteiger partial charge in [-0.1, -0.05) is 13.0 Å². The summed E-state index contributed by atoms with van der Waals surface area (Å²) in [7, 11) is 0. The number of hydrazine groups is 1. The lowest BCUT2D eigenvalue weighted by Crippen LogP contribution is -2.46. The second kappa shape index (κ2) is 11.3. The molecule has 11 nitrogen and oxygen atoms in total. The van der Waals surface area contributed by atoms with Crippen molar-refractivity contribution in [2.24, 2.45) is 0 Å². The van der Waals surface area contributed by atoms with E-state index in [1.54, 1.807) is 37.8 Å². The zero-order valence-electron chi connectivity index (χ0n) is 22.2. The number of aryl methyl sites for hydroxylation is 1. The van der Waals surface area contributed by atoms with E-state index >= 15 is 4.39 Å². The highest BCUT2D eigenvalue weighted by Crippen LogP contribution is 2.23. The van der Waals surface area contributed by atoms with Gasteiger partial charge in [0.15, 0.2) is 5.82 Å². The quantitative estimate of drug-likeness (QED) is 0.331. The Balaban J connectivity index is 1.35. The van der Waals surface area contributed by atoms with Crippen LogP contribution in [0.15, 0.2) is 29.1 Å². The first-order valence-corrected chi connectivity index (χ1v) is 12.6. The van der Waals surface area contributed by atoms with Crippen molar-refractivity contribution in [1.29, 1.82) is 0 Å². The highest BCUT2D eigenvalue weighted by Gasteiger charge is 2.23. The van der Waals surface area contributed by atoms with Gasteiger partial charge in [0.1, 0.15) is 22.5 Å². The molecule has 2 aromatic heterocycles. The number of aromatic amines is 1. The lowest BCUT2D eigenvalue weighted by atomic mass is 10.1. The maximum atomic E-state index is 15.1. The molecule has 2 amide bonds. The van der Waals surface area contributed by atoms with Crippen molar-refractivity contribution in [3.8, 4) is 0 Å². The number of carbonyl (C=O) groups excluding carboxylic acids is 2. The van der Waals surface area contributed by atoms with E-state index in [0.717, 1.165) is 0 Å². The van der Waals surface area contributed by atoms with Crippen LogP contribution in [0.4, 0.5) is 19.3 Å². The molecule has 1 saturated heterocycles. The lowest BCUT2D eigenvalue weighted by molar-refractivity contribution is 0.0483. The molecule has 0 spiro atoms. The average molecular weight is 544 g/mol. The van der Waals surface area contributed by atoms with Crippen molar-refractivity contribution in [2.75, 3.05) is 31.1 Å². The maximum Gasteiger partial charge on any atom is 0.426 e. The maximum absolute atomic E-state index is 15.1. The molecule has 0 bridgehead atoms. The van der Waals surface area contributed by atoms with Crippen LogP contribution in [-0.2, 0) is 17.7 Å². The van der Waals surface area contributed by atoms with E-state index in [-0.39, 0.29) is 16.9 Å². The molecule has 1 aliphatic heterocycles. The van der Waals surface area contributed by atoms with E-state index in [1.165, 1.54) is 12.1 Å². The smallest absolute Gasteiger partial charge is 0.426 e. The van der Waals surface area contributed by atoms with Gasteiger partial charge < -0.3 is 14.6 Å². The predicted octanol–water partition coefficient (Wildman–Crippen LogP) is 2.65. The highest BCUT2D eigenvalue weighted by molar-refractivity contribution is 5.93. The number of nitrogens with one attached hydrogen (secondary N) is 3. The van der Waals surface area contributed by atoms with Crippen LogP contribution in [-0.4, -0.2) is 63.6 Å². The first-order chi connectivity index (χ1) is 18.4. The molecular weight excluding hydrogens is 512 g/mol. The number of amides is 2. The minimum absolute atomic E-state index is 0.0897. The summed E-state index contributed by atoms with van der Waals surface area (Å²) in [6, 6.07) is 6.18. The van der Waals surface area contributed by atoms with Gasteiger partial charge in [-0.05, 0) is 45.4 Å². The number of hydrogen-bond acceptors (Lipinski definition) is 8. The largest absolute Gasteiger partial charge is 0.443 e. The molecule has 13 heteroatoms. The molecular formula is C26H31F2N7O4. The van der Waals surface area contributed by atoms with Crippen LogP contribution in [0, 0.1) is 11.8 Å². The zero-order chi connectivity index (χ0) is 28.3. The Morgan fingerprint density at radius 3 is 2.41 bits per heavy atom. The summed E-state index contributed by atoms with van der Waals surface area (Å²) in [6.45, 7) is 9.13. The standard InChI is InChI=1S/C26H31F2N7O4/c1-5-16-23(36)31-21-17(29-16)7-6-15(20(21)27)14-34-10-12-35(13-11-34)19-9-8-18(30-22(19)28)24(37)32-33-25(38)39-26(2,3)4/h6-9H,5,10-14H2,1-4H3,(H,31,36)(H,32,37)(H,33,38). The molecule has 3 heterocycles. The topological polar surface area (TPSA) is 133 Å². The molecule has 1 fully saturated rings. The van der Waals surface area contributed by atoms with Gasteiger partial charge in [-0.3, -0.25) is 19.9 Å². The highest BCUT2D eigenvalue weighted by atomic mass is 19.1. The van der Waals surface area contributed by atoms with E-state index in [1.807, 2.05) is 11.8 Å². The number of aromatic nitrogens is 3. The summed E-state index contributed by atoms with van der Waals surface area (Å²) < 4.78 is 35.0. The number of carbonyl (C=O) groups is 2. The van der Waals surface area contributed by atoms with E-state index in [0.29, 0.717) is 55.9 Å². The normalized spacial score (nSPS) is 14.4. The molecule has 1 aliphatic rings. The summed E-state index contributed by atoms with van der Waals surface area (Å²) in [5.41, 5.74) is 4.39. The lowest BCUT2D eigenvalue weighted by Gasteiger charge is -2.36. The fraction of sp³-hybridized carbons (Fsp3) is 0.423. The van der Waals surface area contributed by atoms with Crippen molar-refractivity contribution >= 4 is 28.7 Å². The number of H-pyrrole nitrogens is 1. The molecule has 39 heavy (non-hydrogen) atoms. The van der Waals surface area contributed by atoms with Crippen molar-refractivity contribution in [3.63, 3.8) is 0 Å². The minimum Gasteiger partial charge on any atom is -0.443 e. The molecule has 0 unspecified atom stereocenters. The summed E-state index contributed by atoms with van der Waals surface area (Å²) in [5, 5.41) is 0.